The van der Waals surface area contributed by atoms with Crippen molar-refractivity contribution < 1.29 is 9.90 Å². The van der Waals surface area contributed by atoms with E-state index in [0.717, 1.165) is 38.8 Å². The lowest BCUT2D eigenvalue weighted by atomic mass is 9.77. The molecule has 2 N–H and O–H groups in total. The third-order valence-electron chi connectivity index (χ3n) is 7.30. The molecule has 1 amide bonds. The van der Waals surface area contributed by atoms with Gasteiger partial charge in [0.05, 0.1) is 18.7 Å². The van der Waals surface area contributed by atoms with Gasteiger partial charge in [-0.1, -0.05) is 56.4 Å². The summed E-state index contributed by atoms with van der Waals surface area (Å²) in [5.41, 5.74) is 2.82. The summed E-state index contributed by atoms with van der Waals surface area (Å²) in [6.45, 7) is 1.99. The van der Waals surface area contributed by atoms with Gasteiger partial charge in [0.1, 0.15) is 0 Å². The first-order valence-corrected chi connectivity index (χ1v) is 11.5. The maximum absolute atomic E-state index is 13.2. The fourth-order valence-corrected chi connectivity index (χ4v) is 5.73. The third kappa shape index (κ3) is 4.44. The average molecular weight is 385 g/mol. The Kier molecular flexibility index (Phi) is 6.69. The molecule has 0 aromatic heterocycles. The fourth-order valence-electron chi connectivity index (χ4n) is 5.73. The molecule has 1 aromatic rings. The number of nitrogens with one attached hydrogen (secondary N) is 1. The molecule has 1 heterocycles. The first-order chi connectivity index (χ1) is 13.7. The first-order valence-electron chi connectivity index (χ1n) is 11.5. The highest BCUT2D eigenvalue weighted by molar-refractivity contribution is 5.79. The maximum Gasteiger partial charge on any atom is 0.237 e. The Hall–Kier alpha value is -1.39. The van der Waals surface area contributed by atoms with Crippen LogP contribution in [0.5, 0.6) is 0 Å². The predicted octanol–water partition coefficient (Wildman–Crippen LogP) is 3.83. The zero-order chi connectivity index (χ0) is 19.3. The SMILES string of the molecule is O=C(CNC[C@H]1CCCC[C@@H]1O)N1CCc2ccccc2C1C1CCCCC1. The summed E-state index contributed by atoms with van der Waals surface area (Å²) in [6, 6.07) is 9.01. The van der Waals surface area contributed by atoms with Gasteiger partial charge < -0.3 is 15.3 Å². The van der Waals surface area contributed by atoms with E-state index in [9.17, 15) is 9.90 Å². The van der Waals surface area contributed by atoms with Gasteiger partial charge in [-0.25, -0.2) is 0 Å². The molecular weight excluding hydrogens is 348 g/mol. The van der Waals surface area contributed by atoms with Crippen LogP contribution in [0.2, 0.25) is 0 Å². The zero-order valence-corrected chi connectivity index (χ0v) is 17.1. The van der Waals surface area contributed by atoms with Gasteiger partial charge in [0, 0.05) is 13.1 Å². The number of hydrogen-bond donors (Lipinski definition) is 2. The van der Waals surface area contributed by atoms with E-state index in [0.29, 0.717) is 18.4 Å². The third-order valence-corrected chi connectivity index (χ3v) is 7.30. The van der Waals surface area contributed by atoms with Crippen molar-refractivity contribution >= 4 is 5.91 Å². The maximum atomic E-state index is 13.2. The highest BCUT2D eigenvalue weighted by Gasteiger charge is 2.36. The molecule has 0 saturated heterocycles. The molecule has 4 nitrogen and oxygen atoms in total. The number of aliphatic hydroxyl groups is 1. The van der Waals surface area contributed by atoms with E-state index in [1.165, 1.54) is 49.7 Å². The van der Waals surface area contributed by atoms with Crippen molar-refractivity contribution in [1.82, 2.24) is 10.2 Å². The van der Waals surface area contributed by atoms with Crippen molar-refractivity contribution in [2.75, 3.05) is 19.6 Å². The number of carbonyl (C=O) groups excluding carboxylic acids is 1. The molecule has 154 valence electrons. The topological polar surface area (TPSA) is 52.6 Å². The molecule has 1 unspecified atom stereocenters. The number of aliphatic hydroxyl groups excluding tert-OH is 1. The molecule has 1 aromatic carbocycles. The summed E-state index contributed by atoms with van der Waals surface area (Å²) in [4.78, 5) is 15.4. The summed E-state index contributed by atoms with van der Waals surface area (Å²) >= 11 is 0. The van der Waals surface area contributed by atoms with Gasteiger partial charge in [0.15, 0.2) is 0 Å². The number of amides is 1. The van der Waals surface area contributed by atoms with Crippen LogP contribution in [-0.4, -0.2) is 41.7 Å². The van der Waals surface area contributed by atoms with Crippen molar-refractivity contribution in [3.8, 4) is 0 Å². The van der Waals surface area contributed by atoms with E-state index in [2.05, 4.69) is 34.5 Å². The molecule has 3 atom stereocenters. The Morgan fingerprint density at radius 1 is 1.04 bits per heavy atom. The predicted molar refractivity (Wildman–Crippen MR) is 112 cm³/mol. The van der Waals surface area contributed by atoms with Crippen molar-refractivity contribution in [3.05, 3.63) is 35.4 Å². The normalized spacial score (nSPS) is 28.8. The average Bonchev–Trinajstić information content (AvgIpc) is 2.75. The highest BCUT2D eigenvalue weighted by Crippen LogP contribution is 2.41. The standard InChI is InChI=1S/C24H36N2O2/c27-22-13-7-5-11-20(22)16-25-17-23(28)26-15-14-18-8-4-6-12-21(18)24(26)19-9-2-1-3-10-19/h4,6,8,12,19-20,22,24-25,27H,1-3,5,7,9-11,13-17H2/t20-,22+,24?/m1/s1. The van der Waals surface area contributed by atoms with Crippen molar-refractivity contribution in [1.29, 1.82) is 0 Å². The monoisotopic (exact) mass is 384 g/mol. The molecule has 1 aliphatic heterocycles. The van der Waals surface area contributed by atoms with Gasteiger partial charge in [-0.3, -0.25) is 4.79 Å². The largest absolute Gasteiger partial charge is 0.393 e. The van der Waals surface area contributed by atoms with Gasteiger partial charge in [0.25, 0.3) is 0 Å². The van der Waals surface area contributed by atoms with Crippen molar-refractivity contribution in [2.45, 2.75) is 76.4 Å². The van der Waals surface area contributed by atoms with Gasteiger partial charge in [-0.2, -0.15) is 0 Å². The van der Waals surface area contributed by atoms with Crippen LogP contribution in [0.1, 0.15) is 75.0 Å². The number of benzene rings is 1. The Morgan fingerprint density at radius 3 is 2.61 bits per heavy atom. The molecule has 3 aliphatic rings. The second-order valence-corrected chi connectivity index (χ2v) is 9.12. The number of rotatable bonds is 5. The number of carbonyl (C=O) groups is 1. The van der Waals surface area contributed by atoms with Crippen LogP contribution in [0.3, 0.4) is 0 Å². The minimum atomic E-state index is -0.201. The van der Waals surface area contributed by atoms with Crippen LogP contribution in [-0.2, 0) is 11.2 Å². The van der Waals surface area contributed by atoms with E-state index >= 15 is 0 Å². The van der Waals surface area contributed by atoms with E-state index in [-0.39, 0.29) is 18.1 Å². The number of nitrogens with zero attached hydrogens (tertiary/aromatic N) is 1. The fraction of sp³-hybridized carbons (Fsp3) is 0.708. The van der Waals surface area contributed by atoms with Crippen LogP contribution in [0.4, 0.5) is 0 Å². The lowest BCUT2D eigenvalue weighted by Crippen LogP contribution is -2.47. The Balaban J connectivity index is 1.42. The van der Waals surface area contributed by atoms with Crippen LogP contribution < -0.4 is 5.32 Å². The molecule has 4 rings (SSSR count). The van der Waals surface area contributed by atoms with Gasteiger partial charge >= 0.3 is 0 Å². The summed E-state index contributed by atoms with van der Waals surface area (Å²) in [5, 5.41) is 13.5. The number of hydrogen-bond acceptors (Lipinski definition) is 3. The summed E-state index contributed by atoms with van der Waals surface area (Å²) in [6.07, 6.45) is 11.5. The van der Waals surface area contributed by atoms with E-state index in [4.69, 9.17) is 0 Å². The zero-order valence-electron chi connectivity index (χ0n) is 17.1. The lowest BCUT2D eigenvalue weighted by Gasteiger charge is -2.43. The Labute approximate surface area is 169 Å². The highest BCUT2D eigenvalue weighted by atomic mass is 16.3. The molecule has 4 heteroatoms. The molecule has 2 saturated carbocycles. The second kappa shape index (κ2) is 9.41. The van der Waals surface area contributed by atoms with Crippen LogP contribution in [0.15, 0.2) is 24.3 Å². The minimum absolute atomic E-state index is 0.201. The molecule has 0 spiro atoms. The second-order valence-electron chi connectivity index (χ2n) is 9.12. The Bertz CT molecular complexity index is 656. The molecule has 2 fully saturated rings. The van der Waals surface area contributed by atoms with Crippen LogP contribution in [0.25, 0.3) is 0 Å². The van der Waals surface area contributed by atoms with Crippen LogP contribution in [0, 0.1) is 11.8 Å². The Morgan fingerprint density at radius 2 is 1.79 bits per heavy atom. The van der Waals surface area contributed by atoms with Gasteiger partial charge in [0.2, 0.25) is 5.91 Å². The summed E-state index contributed by atoms with van der Waals surface area (Å²) in [7, 11) is 0. The van der Waals surface area contributed by atoms with E-state index < -0.39 is 0 Å². The first kappa shape index (κ1) is 19.9. The van der Waals surface area contributed by atoms with Gasteiger partial charge in [-0.15, -0.1) is 0 Å². The lowest BCUT2D eigenvalue weighted by molar-refractivity contribution is -0.135. The smallest absolute Gasteiger partial charge is 0.237 e. The minimum Gasteiger partial charge on any atom is -0.393 e. The summed E-state index contributed by atoms with van der Waals surface area (Å²) in [5.74, 6) is 1.13. The summed E-state index contributed by atoms with van der Waals surface area (Å²) < 4.78 is 0. The molecule has 0 bridgehead atoms. The van der Waals surface area contributed by atoms with Crippen molar-refractivity contribution in [3.63, 3.8) is 0 Å². The van der Waals surface area contributed by atoms with Crippen LogP contribution >= 0.6 is 0 Å². The quantitative estimate of drug-likeness (QED) is 0.811. The number of fused-ring (bicyclic) bond motifs is 1. The van der Waals surface area contributed by atoms with E-state index in [1.807, 2.05) is 0 Å². The molecule has 28 heavy (non-hydrogen) atoms. The molecule has 2 aliphatic carbocycles. The molecular formula is C24H36N2O2. The molecule has 0 radical (unpaired) electrons. The van der Waals surface area contributed by atoms with Gasteiger partial charge in [-0.05, 0) is 55.1 Å². The van der Waals surface area contributed by atoms with E-state index in [1.54, 1.807) is 0 Å². The van der Waals surface area contributed by atoms with Crippen molar-refractivity contribution in [2.24, 2.45) is 11.8 Å².